The zero-order valence-electron chi connectivity index (χ0n) is 32.1. The molecular weight excluding hydrogens is 775 g/mol. The van der Waals surface area contributed by atoms with E-state index in [2.05, 4.69) is 112 Å². The van der Waals surface area contributed by atoms with E-state index in [1.54, 1.807) is 0 Å². The number of halogens is 1. The molecule has 7 aliphatic rings. The van der Waals surface area contributed by atoms with Gasteiger partial charge < -0.3 is 40.7 Å². The van der Waals surface area contributed by atoms with Gasteiger partial charge in [0.05, 0.1) is 12.3 Å². The predicted molar refractivity (Wildman–Crippen MR) is 209 cm³/mol. The average molecular weight is 828 g/mol. The van der Waals surface area contributed by atoms with Crippen molar-refractivity contribution in [1.29, 1.82) is 0 Å². The minimum atomic E-state index is -1.83. The number of hydrogen-bond donors (Lipinski definition) is 0. The second-order valence-corrected chi connectivity index (χ2v) is 21.0. The number of carbonyl (C=O) groups is 2. The molecule has 10 rings (SSSR count). The first-order chi connectivity index (χ1) is 26.2. The largest absolute Gasteiger partial charge is 1.00 e. The number of rotatable bonds is 13. The van der Waals surface area contributed by atoms with Gasteiger partial charge in [0, 0.05) is 17.4 Å². The Morgan fingerprint density at radius 1 is 0.818 bits per heavy atom. The quantitative estimate of drug-likeness (QED) is 0.112. The van der Waals surface area contributed by atoms with Crippen molar-refractivity contribution in [3.05, 3.63) is 102 Å². The third-order valence-electron chi connectivity index (χ3n) is 14.8. The van der Waals surface area contributed by atoms with Crippen molar-refractivity contribution >= 4 is 35.1 Å². The van der Waals surface area contributed by atoms with E-state index in [-0.39, 0.29) is 64.5 Å². The topological polar surface area (TPSA) is 90.2 Å². The van der Waals surface area contributed by atoms with E-state index < -0.39 is 30.2 Å². The number of epoxide rings is 3. The highest BCUT2D eigenvalue weighted by Gasteiger charge is 3.01. The molecule has 2 spiro atoms. The monoisotopic (exact) mass is 826 g/mol. The first kappa shape index (κ1) is 37.7. The molecule has 9 atom stereocenters. The fourth-order valence-corrected chi connectivity index (χ4v) is 16.5. The molecule has 3 aromatic rings. The van der Waals surface area contributed by atoms with Crippen LogP contribution in [-0.2, 0) is 33.3 Å². The Kier molecular flexibility index (Phi) is 9.33. The molecule has 4 heterocycles. The normalized spacial score (nSPS) is 35.9. The fraction of sp³-hybridized carbons (Fsp3) is 0.522. The van der Waals surface area contributed by atoms with Crippen LogP contribution >= 0.6 is 7.26 Å². The number of hydrogen-bond acceptors (Lipinski definition) is 7. The lowest BCUT2D eigenvalue weighted by Crippen LogP contribution is -3.00. The van der Waals surface area contributed by atoms with Crippen molar-refractivity contribution in [3.63, 3.8) is 0 Å². The molecule has 0 unspecified atom stereocenters. The molecule has 0 N–H and O–H groups in total. The van der Waals surface area contributed by atoms with Gasteiger partial charge >= 0.3 is 11.9 Å². The smallest absolute Gasteiger partial charge is 0.334 e. The summed E-state index contributed by atoms with van der Waals surface area (Å²) >= 11 is 0. The maximum atomic E-state index is 13.8. The highest BCUT2D eigenvalue weighted by Crippen LogP contribution is 2.83. The summed E-state index contributed by atoms with van der Waals surface area (Å²) in [4.78, 5) is 26.3. The van der Waals surface area contributed by atoms with Crippen LogP contribution in [0.4, 0.5) is 0 Å². The lowest BCUT2D eigenvalue weighted by molar-refractivity contribution is -0.169. The van der Waals surface area contributed by atoms with Crippen LogP contribution in [0.25, 0.3) is 0 Å². The molecule has 55 heavy (non-hydrogen) atoms. The molecule has 3 saturated heterocycles. The average Bonchev–Trinajstić information content (AvgIpc) is 4.13. The van der Waals surface area contributed by atoms with Crippen molar-refractivity contribution in [2.24, 2.45) is 17.3 Å². The minimum Gasteiger partial charge on any atom is -1.00 e. The SMILES string of the molecule is CC(C)[C@]12O[C@H]1[C@@H]1O[C@]13[C@]1(O[C@H]1C[C@H]1C4=C(CC[C@@]13C)C(=O)OC4)[C@@H]2OC(=O)CCCCCCC[P+](c1ccccc1)(c1ccccc1)c1ccccc1.[Br-]. The number of unbranched alkanes of at least 4 members (excludes halogenated alkanes) is 4. The van der Waals surface area contributed by atoms with Crippen molar-refractivity contribution in [1.82, 2.24) is 0 Å². The second-order valence-electron chi connectivity index (χ2n) is 17.4. The van der Waals surface area contributed by atoms with Gasteiger partial charge in [0.25, 0.3) is 0 Å². The van der Waals surface area contributed by atoms with Gasteiger partial charge in [-0.25, -0.2) is 4.79 Å². The molecule has 3 aliphatic carbocycles. The van der Waals surface area contributed by atoms with Crippen LogP contribution in [-0.4, -0.2) is 65.9 Å². The van der Waals surface area contributed by atoms with Crippen LogP contribution in [0.5, 0.6) is 0 Å². The molecule has 7 nitrogen and oxygen atoms in total. The van der Waals surface area contributed by atoms with Gasteiger partial charge in [0.1, 0.15) is 53.2 Å². The summed E-state index contributed by atoms with van der Waals surface area (Å²) in [5, 5.41) is 4.28. The molecule has 3 aromatic carbocycles. The van der Waals surface area contributed by atoms with E-state index in [1.165, 1.54) is 15.9 Å². The van der Waals surface area contributed by atoms with E-state index >= 15 is 0 Å². The van der Waals surface area contributed by atoms with Crippen LogP contribution in [0, 0.1) is 17.3 Å². The number of benzene rings is 3. The molecule has 0 bridgehead atoms. The van der Waals surface area contributed by atoms with Crippen molar-refractivity contribution < 1.29 is 50.3 Å². The van der Waals surface area contributed by atoms with Gasteiger partial charge in [-0.1, -0.05) is 88.2 Å². The molecule has 2 saturated carbocycles. The van der Waals surface area contributed by atoms with E-state index in [4.69, 9.17) is 23.7 Å². The Labute approximate surface area is 336 Å². The van der Waals surface area contributed by atoms with Crippen LogP contribution in [0.15, 0.2) is 102 Å². The zero-order valence-corrected chi connectivity index (χ0v) is 34.6. The number of carbonyl (C=O) groups excluding carboxylic acids is 2. The summed E-state index contributed by atoms with van der Waals surface area (Å²) in [6.07, 6.45) is 8.11. The summed E-state index contributed by atoms with van der Waals surface area (Å²) in [5.41, 5.74) is -0.126. The van der Waals surface area contributed by atoms with Crippen LogP contribution in [0.1, 0.15) is 78.6 Å². The third-order valence-corrected chi connectivity index (χ3v) is 19.3. The lowest BCUT2D eigenvalue weighted by Gasteiger charge is -2.53. The molecule has 9 heteroatoms. The Balaban J connectivity index is 0.00000397. The summed E-state index contributed by atoms with van der Waals surface area (Å²) < 4.78 is 32.4. The first-order valence-electron chi connectivity index (χ1n) is 20.4. The molecule has 0 amide bonds. The van der Waals surface area contributed by atoms with E-state index in [1.807, 2.05) is 0 Å². The van der Waals surface area contributed by atoms with Gasteiger partial charge in [-0.15, -0.1) is 0 Å². The fourth-order valence-electron chi connectivity index (χ4n) is 12.1. The molecular formula is C46H52BrO7P. The molecule has 290 valence electrons. The Morgan fingerprint density at radius 2 is 1.42 bits per heavy atom. The van der Waals surface area contributed by atoms with Gasteiger partial charge in [0.15, 0.2) is 11.7 Å². The summed E-state index contributed by atoms with van der Waals surface area (Å²) in [6.45, 7) is 7.03. The number of esters is 2. The van der Waals surface area contributed by atoms with Crippen molar-refractivity contribution in [3.8, 4) is 0 Å². The van der Waals surface area contributed by atoms with Gasteiger partial charge in [-0.3, -0.25) is 4.79 Å². The Bertz CT molecular complexity index is 1890. The van der Waals surface area contributed by atoms with Gasteiger partial charge in [0.2, 0.25) is 0 Å². The van der Waals surface area contributed by atoms with Crippen molar-refractivity contribution in [2.45, 2.75) is 120 Å². The molecule has 4 aliphatic heterocycles. The van der Waals surface area contributed by atoms with Gasteiger partial charge in [-0.05, 0) is 92.3 Å². The lowest BCUT2D eigenvalue weighted by atomic mass is 9.46. The minimum absolute atomic E-state index is 0. The highest BCUT2D eigenvalue weighted by molar-refractivity contribution is 7.95. The second kappa shape index (κ2) is 13.6. The van der Waals surface area contributed by atoms with Crippen LogP contribution < -0.4 is 32.9 Å². The van der Waals surface area contributed by atoms with E-state index in [0.717, 1.165) is 62.3 Å². The maximum absolute atomic E-state index is 13.8. The first-order valence-corrected chi connectivity index (χ1v) is 22.4. The van der Waals surface area contributed by atoms with Crippen LogP contribution in [0.3, 0.4) is 0 Å². The summed E-state index contributed by atoms with van der Waals surface area (Å²) in [5.74, 6) is -0.0240. The van der Waals surface area contributed by atoms with E-state index in [9.17, 15) is 9.59 Å². The Morgan fingerprint density at radius 3 is 2.04 bits per heavy atom. The standard InChI is InChI=1S/C46H52O7P.BrH/c1-30(2)44-39(52-44)40-46(53-40)43(3)26-25-34-35(29-49-41(34)48)36(43)28-37-45(46,51-37)42(44)50-38(47)24-16-5-4-6-17-27-54(31-18-10-7-11-19-31,32-20-12-8-13-21-32)33-22-14-9-15-23-33;/h7-15,18-23,30,36-37,39-40,42H,4-6,16-17,24-29H2,1-3H3;1H/q+1;/p-1/t36-,37-,39-,40-,42+,43-,44-,45+,46+;/m0./s1. The Hall–Kier alpha value is -2.87. The number of fused-ring (bicyclic) bond motifs is 4. The zero-order chi connectivity index (χ0) is 36.9. The maximum Gasteiger partial charge on any atom is 0.334 e. The van der Waals surface area contributed by atoms with Crippen molar-refractivity contribution in [2.75, 3.05) is 12.8 Å². The highest BCUT2D eigenvalue weighted by atomic mass is 79.9. The predicted octanol–water partition coefficient (Wildman–Crippen LogP) is 3.99. The summed E-state index contributed by atoms with van der Waals surface area (Å²) in [7, 11) is -1.83. The molecule has 5 fully saturated rings. The number of ether oxygens (including phenoxy) is 5. The molecule has 0 aromatic heterocycles. The summed E-state index contributed by atoms with van der Waals surface area (Å²) in [6, 6.07) is 33.3. The van der Waals surface area contributed by atoms with Gasteiger partial charge in [-0.2, -0.15) is 0 Å². The molecule has 0 radical (unpaired) electrons. The number of cyclic esters (lactones) is 1. The van der Waals surface area contributed by atoms with Crippen LogP contribution in [0.2, 0.25) is 0 Å². The third kappa shape index (κ3) is 5.20. The van der Waals surface area contributed by atoms with E-state index in [0.29, 0.717) is 19.4 Å².